The van der Waals surface area contributed by atoms with Crippen molar-refractivity contribution in [3.05, 3.63) is 56.0 Å². The summed E-state index contributed by atoms with van der Waals surface area (Å²) in [6.07, 6.45) is 0. The molecule has 0 radical (unpaired) electrons. The molecule has 0 aliphatic heterocycles. The Morgan fingerprint density at radius 1 is 1.15 bits per heavy atom. The van der Waals surface area contributed by atoms with E-state index in [9.17, 15) is 0 Å². The van der Waals surface area contributed by atoms with Crippen molar-refractivity contribution >= 4 is 39.1 Å². The van der Waals surface area contributed by atoms with Crippen molar-refractivity contribution in [3.63, 3.8) is 0 Å². The van der Waals surface area contributed by atoms with Gasteiger partial charge in [0.2, 0.25) is 0 Å². The Balaban J connectivity index is 2.01. The van der Waals surface area contributed by atoms with Crippen molar-refractivity contribution in [1.82, 2.24) is 5.32 Å². The highest BCUT2D eigenvalue weighted by molar-refractivity contribution is 9.10. The van der Waals surface area contributed by atoms with Crippen LogP contribution in [0.25, 0.3) is 0 Å². The molecule has 2 N–H and O–H groups in total. The first kappa shape index (κ1) is 22.3. The van der Waals surface area contributed by atoms with Gasteiger partial charge >= 0.3 is 0 Å². The number of methoxy groups -OCH3 is 1. The summed E-state index contributed by atoms with van der Waals surface area (Å²) >= 11 is 15.9. The number of ether oxygens (including phenoxy) is 3. The minimum atomic E-state index is 0.0328. The number of hydrogen-bond donors (Lipinski definition) is 2. The number of aliphatic hydroxyl groups excluding tert-OH is 1. The van der Waals surface area contributed by atoms with Gasteiger partial charge in [-0.05, 0) is 45.8 Å². The molecule has 0 fully saturated rings. The van der Waals surface area contributed by atoms with Crippen molar-refractivity contribution in [2.45, 2.75) is 13.2 Å². The van der Waals surface area contributed by atoms with Gasteiger partial charge in [0.15, 0.2) is 11.5 Å². The van der Waals surface area contributed by atoms with E-state index in [1.54, 1.807) is 25.3 Å². The molecule has 2 aromatic carbocycles. The van der Waals surface area contributed by atoms with Crippen molar-refractivity contribution < 1.29 is 19.3 Å². The van der Waals surface area contributed by atoms with Gasteiger partial charge in [0.25, 0.3) is 0 Å². The summed E-state index contributed by atoms with van der Waals surface area (Å²) in [4.78, 5) is 0. The average Bonchev–Trinajstić information content (AvgIpc) is 2.65. The van der Waals surface area contributed by atoms with Crippen molar-refractivity contribution in [3.8, 4) is 11.5 Å². The second kappa shape index (κ2) is 11.7. The normalized spacial score (nSPS) is 10.9. The molecule has 8 heteroatoms. The van der Waals surface area contributed by atoms with Crippen molar-refractivity contribution in [1.29, 1.82) is 0 Å². The lowest BCUT2D eigenvalue weighted by molar-refractivity contribution is 0.0938. The molecule has 0 unspecified atom stereocenters. The molecular formula is C19H22BrCl2NO4. The monoisotopic (exact) mass is 477 g/mol. The third-order valence-electron chi connectivity index (χ3n) is 3.70. The Morgan fingerprint density at radius 2 is 1.89 bits per heavy atom. The van der Waals surface area contributed by atoms with Crippen LogP contribution in [0.5, 0.6) is 11.5 Å². The van der Waals surface area contributed by atoms with E-state index in [1.807, 2.05) is 12.1 Å². The molecule has 2 aromatic rings. The zero-order valence-electron chi connectivity index (χ0n) is 14.9. The summed E-state index contributed by atoms with van der Waals surface area (Å²) < 4.78 is 17.4. The Labute approximate surface area is 177 Å². The number of nitrogens with one attached hydrogen (secondary N) is 1. The summed E-state index contributed by atoms with van der Waals surface area (Å²) in [5.41, 5.74) is 1.76. The SMILES string of the molecule is COc1cc(CNCCOCCO)cc(Br)c1OCc1c(Cl)cccc1Cl. The van der Waals surface area contributed by atoms with Gasteiger partial charge in [-0.15, -0.1) is 0 Å². The molecule has 148 valence electrons. The first-order valence-electron chi connectivity index (χ1n) is 8.38. The smallest absolute Gasteiger partial charge is 0.175 e. The minimum Gasteiger partial charge on any atom is -0.493 e. The first-order chi connectivity index (χ1) is 13.1. The molecule has 0 heterocycles. The van der Waals surface area contributed by atoms with Crippen LogP contribution >= 0.6 is 39.1 Å². The zero-order valence-corrected chi connectivity index (χ0v) is 18.0. The summed E-state index contributed by atoms with van der Waals surface area (Å²) in [7, 11) is 1.59. The quantitative estimate of drug-likeness (QED) is 0.467. The highest BCUT2D eigenvalue weighted by Gasteiger charge is 2.14. The van der Waals surface area contributed by atoms with Gasteiger partial charge in [-0.2, -0.15) is 0 Å². The van der Waals surface area contributed by atoms with Gasteiger partial charge in [0.05, 0.1) is 31.4 Å². The Morgan fingerprint density at radius 3 is 2.56 bits per heavy atom. The minimum absolute atomic E-state index is 0.0328. The maximum Gasteiger partial charge on any atom is 0.175 e. The molecule has 0 amide bonds. The molecule has 27 heavy (non-hydrogen) atoms. The molecule has 0 aliphatic rings. The third kappa shape index (κ3) is 6.82. The van der Waals surface area contributed by atoms with Crippen molar-refractivity contribution in [2.75, 3.05) is 33.5 Å². The summed E-state index contributed by atoms with van der Waals surface area (Å²) in [5.74, 6) is 1.20. The summed E-state index contributed by atoms with van der Waals surface area (Å²) in [6, 6.07) is 9.22. The third-order valence-corrected chi connectivity index (χ3v) is 5.00. The summed E-state index contributed by atoms with van der Waals surface area (Å²) in [5, 5.41) is 13.1. The maximum absolute atomic E-state index is 8.67. The fraction of sp³-hybridized carbons (Fsp3) is 0.368. The Kier molecular flexibility index (Phi) is 9.68. The topological polar surface area (TPSA) is 60.0 Å². The van der Waals surface area contributed by atoms with Gasteiger partial charge in [-0.25, -0.2) is 0 Å². The second-order valence-corrected chi connectivity index (χ2v) is 7.28. The largest absolute Gasteiger partial charge is 0.493 e. The fourth-order valence-corrected chi connectivity index (χ4v) is 3.48. The number of benzene rings is 2. The molecule has 0 spiro atoms. The van der Waals surface area contributed by atoms with Crippen LogP contribution in [-0.2, 0) is 17.9 Å². The summed E-state index contributed by atoms with van der Waals surface area (Å²) in [6.45, 7) is 2.48. The lowest BCUT2D eigenvalue weighted by Gasteiger charge is -2.16. The van der Waals surface area contributed by atoms with Crippen LogP contribution in [0.4, 0.5) is 0 Å². The van der Waals surface area contributed by atoms with E-state index in [4.69, 9.17) is 42.5 Å². The van der Waals surface area contributed by atoms with Gasteiger partial charge in [0.1, 0.15) is 6.61 Å². The van der Waals surface area contributed by atoms with Gasteiger partial charge in [0, 0.05) is 28.7 Å². The van der Waals surface area contributed by atoms with E-state index in [1.165, 1.54) is 0 Å². The van der Waals surface area contributed by atoms with Crippen LogP contribution in [0.15, 0.2) is 34.8 Å². The van der Waals surface area contributed by atoms with Crippen LogP contribution in [0.3, 0.4) is 0 Å². The number of halogens is 3. The van der Waals surface area contributed by atoms with E-state index in [-0.39, 0.29) is 13.2 Å². The molecule has 0 saturated heterocycles. The van der Waals surface area contributed by atoms with Crippen LogP contribution < -0.4 is 14.8 Å². The maximum atomic E-state index is 8.67. The second-order valence-electron chi connectivity index (χ2n) is 5.61. The van der Waals surface area contributed by atoms with E-state index in [0.717, 1.165) is 15.6 Å². The predicted molar refractivity (Wildman–Crippen MR) is 111 cm³/mol. The molecule has 0 aliphatic carbocycles. The standard InChI is InChI=1S/C19H22BrCl2NO4/c1-25-18-10-13(11-23-5-7-26-8-6-24)9-15(20)19(18)27-12-14-16(21)3-2-4-17(14)22/h2-4,9-10,23-24H,5-8,11-12H2,1H3. The average molecular weight is 479 g/mol. The van der Waals surface area contributed by atoms with Crippen LogP contribution in [0.2, 0.25) is 10.0 Å². The fourth-order valence-electron chi connectivity index (χ4n) is 2.37. The number of hydrogen-bond acceptors (Lipinski definition) is 5. The zero-order chi connectivity index (χ0) is 19.6. The molecule has 0 saturated carbocycles. The molecular weight excluding hydrogens is 457 g/mol. The molecule has 0 aromatic heterocycles. The molecule has 0 atom stereocenters. The highest BCUT2D eigenvalue weighted by Crippen LogP contribution is 2.38. The highest BCUT2D eigenvalue weighted by atomic mass is 79.9. The van der Waals surface area contributed by atoms with E-state index < -0.39 is 0 Å². The lowest BCUT2D eigenvalue weighted by atomic mass is 10.2. The van der Waals surface area contributed by atoms with Crippen LogP contribution in [0, 0.1) is 0 Å². The van der Waals surface area contributed by atoms with E-state index in [0.29, 0.717) is 47.8 Å². The van der Waals surface area contributed by atoms with Crippen LogP contribution in [0.1, 0.15) is 11.1 Å². The Bertz CT molecular complexity index is 726. The number of aliphatic hydroxyl groups is 1. The molecule has 5 nitrogen and oxygen atoms in total. The van der Waals surface area contributed by atoms with Crippen molar-refractivity contribution in [2.24, 2.45) is 0 Å². The first-order valence-corrected chi connectivity index (χ1v) is 9.93. The lowest BCUT2D eigenvalue weighted by Crippen LogP contribution is -2.20. The predicted octanol–water partition coefficient (Wildman–Crippen LogP) is 4.44. The van der Waals surface area contributed by atoms with E-state index in [2.05, 4.69) is 21.2 Å². The molecule has 0 bridgehead atoms. The van der Waals surface area contributed by atoms with Gasteiger partial charge < -0.3 is 24.6 Å². The molecule has 2 rings (SSSR count). The van der Waals surface area contributed by atoms with Crippen LogP contribution in [-0.4, -0.2) is 38.6 Å². The number of rotatable bonds is 11. The Hall–Kier alpha value is -1.02. The van der Waals surface area contributed by atoms with Gasteiger partial charge in [-0.3, -0.25) is 0 Å². The van der Waals surface area contributed by atoms with Gasteiger partial charge in [-0.1, -0.05) is 29.3 Å². The van der Waals surface area contributed by atoms with E-state index >= 15 is 0 Å².